The average Bonchev–Trinajstić information content (AvgIpc) is 2.18. The van der Waals surface area contributed by atoms with Gasteiger partial charge in [-0.2, -0.15) is 0 Å². The Labute approximate surface area is 87.5 Å². The molecule has 0 saturated heterocycles. The van der Waals surface area contributed by atoms with Crippen molar-refractivity contribution in [1.82, 2.24) is 0 Å². The van der Waals surface area contributed by atoms with E-state index in [2.05, 4.69) is 0 Å². The van der Waals surface area contributed by atoms with E-state index in [1.54, 1.807) is 24.3 Å². The van der Waals surface area contributed by atoms with Crippen molar-refractivity contribution in [1.29, 1.82) is 0 Å². The summed E-state index contributed by atoms with van der Waals surface area (Å²) in [6, 6.07) is 6.43. The normalized spacial score (nSPS) is 11.9. The number of hydrogen-bond acceptors (Lipinski definition) is 3. The van der Waals surface area contributed by atoms with Crippen LogP contribution >= 0.6 is 0 Å². The Morgan fingerprint density at radius 1 is 1.27 bits per heavy atom. The lowest BCUT2D eigenvalue weighted by molar-refractivity contribution is -0.142. The highest BCUT2D eigenvalue weighted by Gasteiger charge is 2.24. The topological polar surface area (TPSA) is 63.6 Å². The number of Topliss-reactive ketones (excluding diaryl/α,β-unsaturated/α-hetero) is 1. The van der Waals surface area contributed by atoms with E-state index in [-0.39, 0.29) is 5.78 Å². The quantitative estimate of drug-likeness (QED) is 0.760. The Morgan fingerprint density at radius 3 is 2.13 bits per heavy atom. The molecular weight excluding hydrogens is 196 g/mol. The van der Waals surface area contributed by atoms with Crippen LogP contribution in [0.4, 0.5) is 0 Å². The van der Waals surface area contributed by atoms with Crippen LogP contribution < -0.4 is 4.74 Å². The Bertz CT molecular complexity index is 353. The number of aliphatic carboxylic acids is 1. The minimum absolute atomic E-state index is 0.382. The molecule has 0 heterocycles. The first-order valence-corrected chi connectivity index (χ1v) is 4.43. The highest BCUT2D eigenvalue weighted by Crippen LogP contribution is 2.20. The third-order valence-electron chi connectivity index (χ3n) is 2.10. The van der Waals surface area contributed by atoms with Crippen LogP contribution in [0.5, 0.6) is 5.75 Å². The molecule has 0 aliphatic heterocycles. The molecule has 1 N–H and O–H groups in total. The minimum Gasteiger partial charge on any atom is -0.497 e. The molecule has 1 aromatic carbocycles. The third-order valence-corrected chi connectivity index (χ3v) is 2.10. The molecule has 4 heteroatoms. The number of rotatable bonds is 4. The van der Waals surface area contributed by atoms with Gasteiger partial charge in [0.15, 0.2) is 0 Å². The van der Waals surface area contributed by atoms with Crippen molar-refractivity contribution < 1.29 is 19.4 Å². The summed E-state index contributed by atoms with van der Waals surface area (Å²) in [7, 11) is 1.52. The van der Waals surface area contributed by atoms with E-state index in [0.29, 0.717) is 11.3 Å². The number of carbonyl (C=O) groups is 2. The fourth-order valence-corrected chi connectivity index (χ4v) is 1.35. The van der Waals surface area contributed by atoms with Crippen molar-refractivity contribution in [2.75, 3.05) is 7.11 Å². The summed E-state index contributed by atoms with van der Waals surface area (Å²) in [6.45, 7) is 1.27. The summed E-state index contributed by atoms with van der Waals surface area (Å²) < 4.78 is 4.94. The number of carboxylic acid groups (broad SMARTS) is 1. The van der Waals surface area contributed by atoms with E-state index < -0.39 is 11.9 Å². The van der Waals surface area contributed by atoms with Gasteiger partial charge in [0.05, 0.1) is 7.11 Å². The predicted octanol–water partition coefficient (Wildman–Crippen LogP) is 1.45. The molecule has 80 valence electrons. The van der Waals surface area contributed by atoms with E-state index in [1.807, 2.05) is 0 Å². The molecule has 0 fully saturated rings. The van der Waals surface area contributed by atoms with E-state index >= 15 is 0 Å². The summed E-state index contributed by atoms with van der Waals surface area (Å²) in [5.41, 5.74) is 0.468. The van der Waals surface area contributed by atoms with E-state index in [1.165, 1.54) is 14.0 Å². The summed E-state index contributed by atoms with van der Waals surface area (Å²) in [6.07, 6.45) is 0. The maximum absolute atomic E-state index is 11.1. The van der Waals surface area contributed by atoms with Gasteiger partial charge < -0.3 is 9.84 Å². The summed E-state index contributed by atoms with van der Waals surface area (Å²) in [4.78, 5) is 22.0. The number of carbonyl (C=O) groups excluding carboxylic acids is 1. The van der Waals surface area contributed by atoms with Gasteiger partial charge in [0.1, 0.15) is 17.5 Å². The van der Waals surface area contributed by atoms with Crippen molar-refractivity contribution >= 4 is 11.8 Å². The molecule has 0 aliphatic carbocycles. The van der Waals surface area contributed by atoms with Gasteiger partial charge in [0, 0.05) is 0 Å². The zero-order valence-electron chi connectivity index (χ0n) is 8.56. The minimum atomic E-state index is -1.13. The van der Waals surface area contributed by atoms with Crippen molar-refractivity contribution in [2.45, 2.75) is 12.8 Å². The van der Waals surface area contributed by atoms with Crippen molar-refractivity contribution in [3.05, 3.63) is 29.8 Å². The lowest BCUT2D eigenvalue weighted by Crippen LogP contribution is -2.18. The van der Waals surface area contributed by atoms with Crippen LogP contribution in [0.15, 0.2) is 24.3 Å². The van der Waals surface area contributed by atoms with Crippen LogP contribution in [0.25, 0.3) is 0 Å². The summed E-state index contributed by atoms with van der Waals surface area (Å²) >= 11 is 0. The van der Waals surface area contributed by atoms with Gasteiger partial charge in [0.25, 0.3) is 0 Å². The molecule has 1 unspecified atom stereocenters. The second-order valence-electron chi connectivity index (χ2n) is 3.16. The molecule has 0 aromatic heterocycles. The molecule has 0 radical (unpaired) electrons. The predicted molar refractivity (Wildman–Crippen MR) is 54.1 cm³/mol. The fourth-order valence-electron chi connectivity index (χ4n) is 1.35. The van der Waals surface area contributed by atoms with Crippen LogP contribution in [-0.2, 0) is 9.59 Å². The molecule has 0 spiro atoms. The van der Waals surface area contributed by atoms with Crippen LogP contribution in [0, 0.1) is 0 Å². The number of ketones is 1. The van der Waals surface area contributed by atoms with Gasteiger partial charge in [0.2, 0.25) is 0 Å². The van der Waals surface area contributed by atoms with Crippen LogP contribution in [0.1, 0.15) is 18.4 Å². The highest BCUT2D eigenvalue weighted by molar-refractivity contribution is 6.02. The number of ether oxygens (including phenoxy) is 1. The molecule has 0 amide bonds. The van der Waals surface area contributed by atoms with E-state index in [0.717, 1.165) is 0 Å². The number of hydrogen-bond donors (Lipinski definition) is 1. The standard InChI is InChI=1S/C11H12O4/c1-7(12)10(11(13)14)8-3-5-9(15-2)6-4-8/h3-6,10H,1-2H3,(H,13,14). The average molecular weight is 208 g/mol. The molecule has 0 saturated carbocycles. The molecule has 15 heavy (non-hydrogen) atoms. The lowest BCUT2D eigenvalue weighted by Gasteiger charge is -2.09. The second kappa shape index (κ2) is 4.59. The summed E-state index contributed by atoms with van der Waals surface area (Å²) in [5, 5.41) is 8.87. The molecule has 1 aromatic rings. The maximum Gasteiger partial charge on any atom is 0.318 e. The molecule has 1 rings (SSSR count). The van der Waals surface area contributed by atoms with Gasteiger partial charge in [-0.25, -0.2) is 0 Å². The van der Waals surface area contributed by atoms with Gasteiger partial charge in [-0.1, -0.05) is 12.1 Å². The lowest BCUT2D eigenvalue weighted by atomic mass is 9.96. The van der Waals surface area contributed by atoms with Gasteiger partial charge in [-0.05, 0) is 24.6 Å². The molecule has 0 bridgehead atoms. The monoisotopic (exact) mass is 208 g/mol. The fraction of sp³-hybridized carbons (Fsp3) is 0.273. The summed E-state index contributed by atoms with van der Waals surface area (Å²) in [5.74, 6) is -1.97. The first kappa shape index (κ1) is 11.2. The van der Waals surface area contributed by atoms with E-state index in [9.17, 15) is 9.59 Å². The largest absolute Gasteiger partial charge is 0.497 e. The van der Waals surface area contributed by atoms with Gasteiger partial charge in [-0.3, -0.25) is 9.59 Å². The molecule has 1 atom stereocenters. The second-order valence-corrected chi connectivity index (χ2v) is 3.16. The zero-order valence-corrected chi connectivity index (χ0v) is 8.56. The maximum atomic E-state index is 11.1. The Kier molecular flexibility index (Phi) is 3.44. The van der Waals surface area contributed by atoms with E-state index in [4.69, 9.17) is 9.84 Å². The Hall–Kier alpha value is -1.84. The third kappa shape index (κ3) is 2.56. The van der Waals surface area contributed by atoms with Crippen molar-refractivity contribution in [2.24, 2.45) is 0 Å². The van der Waals surface area contributed by atoms with Gasteiger partial charge in [-0.15, -0.1) is 0 Å². The first-order valence-electron chi connectivity index (χ1n) is 4.43. The van der Waals surface area contributed by atoms with Crippen molar-refractivity contribution in [3.8, 4) is 5.75 Å². The first-order chi connectivity index (χ1) is 7.06. The molecule has 4 nitrogen and oxygen atoms in total. The number of methoxy groups -OCH3 is 1. The van der Waals surface area contributed by atoms with Crippen molar-refractivity contribution in [3.63, 3.8) is 0 Å². The van der Waals surface area contributed by atoms with Crippen LogP contribution in [0.3, 0.4) is 0 Å². The van der Waals surface area contributed by atoms with Gasteiger partial charge >= 0.3 is 5.97 Å². The molecule has 0 aliphatic rings. The highest BCUT2D eigenvalue weighted by atomic mass is 16.5. The number of carboxylic acids is 1. The van der Waals surface area contributed by atoms with Crippen LogP contribution in [-0.4, -0.2) is 24.0 Å². The Balaban J connectivity index is 3.02. The SMILES string of the molecule is COc1ccc(C(C(C)=O)C(=O)O)cc1. The zero-order chi connectivity index (χ0) is 11.4. The van der Waals surface area contributed by atoms with Crippen LogP contribution in [0.2, 0.25) is 0 Å². The Morgan fingerprint density at radius 2 is 1.80 bits per heavy atom. The smallest absolute Gasteiger partial charge is 0.318 e. The number of benzene rings is 1. The molecular formula is C11H12O4.